The van der Waals surface area contributed by atoms with Crippen LogP contribution in [0.4, 0.5) is 8.78 Å². The Kier molecular flexibility index (Phi) is 5.08. The lowest BCUT2D eigenvalue weighted by molar-refractivity contribution is 0.0118. The number of halogens is 4. The zero-order valence-corrected chi connectivity index (χ0v) is 11.6. The fourth-order valence-corrected chi connectivity index (χ4v) is 1.54. The Hall–Kier alpha value is -0.470. The Morgan fingerprint density at radius 1 is 1.53 bits per heavy atom. The first-order chi connectivity index (χ1) is 7.85. The van der Waals surface area contributed by atoms with Gasteiger partial charge in [0.1, 0.15) is 0 Å². The van der Waals surface area contributed by atoms with Crippen molar-refractivity contribution in [2.45, 2.75) is 5.92 Å². The number of rotatable bonds is 4. The molecule has 0 aliphatic heterocycles. The van der Waals surface area contributed by atoms with Crippen LogP contribution in [-0.2, 0) is 0 Å². The monoisotopic (exact) mass is 374 g/mol. The Balaban J connectivity index is 2.68. The summed E-state index contributed by atoms with van der Waals surface area (Å²) in [5, 5.41) is 2.51. The van der Waals surface area contributed by atoms with E-state index in [2.05, 4.69) is 5.32 Å². The number of carbonyl (C=O) groups excluding carboxylic acids is 1. The van der Waals surface area contributed by atoms with Gasteiger partial charge in [-0.1, -0.05) is 11.6 Å². The van der Waals surface area contributed by atoms with E-state index in [-0.39, 0.29) is 5.56 Å². The normalized spacial score (nSPS) is 11.4. The van der Waals surface area contributed by atoms with Gasteiger partial charge in [0.2, 0.25) is 0 Å². The standard InChI is InChI=1S/C10H10ClF2IN2O/c11-7-3-6(1-2-8(7)14)9(17)16-5-10(12,13)4-15/h1-3H,4-5,15H2,(H,16,17). The number of alkyl halides is 2. The summed E-state index contributed by atoms with van der Waals surface area (Å²) >= 11 is 7.82. The van der Waals surface area contributed by atoms with E-state index in [0.29, 0.717) is 5.02 Å². The Labute approximate surface area is 116 Å². The number of carbonyl (C=O) groups is 1. The lowest BCUT2D eigenvalue weighted by atomic mass is 10.2. The molecule has 0 aliphatic rings. The van der Waals surface area contributed by atoms with Crippen LogP contribution in [0.1, 0.15) is 10.4 Å². The summed E-state index contributed by atoms with van der Waals surface area (Å²) < 4.78 is 26.4. The molecule has 0 saturated carbocycles. The van der Waals surface area contributed by atoms with Crippen molar-refractivity contribution in [1.82, 2.24) is 5.32 Å². The third kappa shape index (κ3) is 4.36. The largest absolute Gasteiger partial charge is 0.346 e. The maximum atomic E-state index is 12.8. The van der Waals surface area contributed by atoms with Crippen LogP contribution in [0.2, 0.25) is 5.02 Å². The van der Waals surface area contributed by atoms with Gasteiger partial charge >= 0.3 is 0 Å². The summed E-state index contributed by atoms with van der Waals surface area (Å²) in [6.07, 6.45) is 0. The molecule has 0 fully saturated rings. The Morgan fingerprint density at radius 3 is 2.71 bits per heavy atom. The van der Waals surface area contributed by atoms with Gasteiger partial charge in [-0.2, -0.15) is 0 Å². The van der Waals surface area contributed by atoms with Gasteiger partial charge in [-0.15, -0.1) is 0 Å². The molecule has 0 spiro atoms. The molecule has 1 aromatic rings. The van der Waals surface area contributed by atoms with E-state index in [0.717, 1.165) is 3.57 Å². The highest BCUT2D eigenvalue weighted by Gasteiger charge is 2.27. The molecule has 0 unspecified atom stereocenters. The van der Waals surface area contributed by atoms with Gasteiger partial charge in [0.05, 0.1) is 18.1 Å². The van der Waals surface area contributed by atoms with Crippen LogP contribution in [0.15, 0.2) is 18.2 Å². The Morgan fingerprint density at radius 2 is 2.18 bits per heavy atom. The van der Waals surface area contributed by atoms with Gasteiger partial charge in [0.25, 0.3) is 11.8 Å². The molecule has 0 aromatic heterocycles. The van der Waals surface area contributed by atoms with Gasteiger partial charge in [-0.05, 0) is 40.8 Å². The van der Waals surface area contributed by atoms with Gasteiger partial charge in [0.15, 0.2) is 0 Å². The van der Waals surface area contributed by atoms with Gasteiger partial charge < -0.3 is 11.1 Å². The molecule has 3 nitrogen and oxygen atoms in total. The molecule has 0 heterocycles. The molecule has 3 N–H and O–H groups in total. The minimum absolute atomic E-state index is 0.239. The molecule has 94 valence electrons. The van der Waals surface area contributed by atoms with E-state index in [1.165, 1.54) is 12.1 Å². The van der Waals surface area contributed by atoms with Gasteiger partial charge in [0, 0.05) is 9.13 Å². The van der Waals surface area contributed by atoms with Crippen molar-refractivity contribution in [1.29, 1.82) is 0 Å². The number of nitrogens with two attached hydrogens (primary N) is 1. The minimum atomic E-state index is -3.09. The quantitative estimate of drug-likeness (QED) is 0.795. The topological polar surface area (TPSA) is 55.1 Å². The number of benzene rings is 1. The predicted molar refractivity (Wildman–Crippen MR) is 70.5 cm³/mol. The van der Waals surface area contributed by atoms with Crippen molar-refractivity contribution in [2.24, 2.45) is 5.73 Å². The molecule has 0 radical (unpaired) electrons. The number of amides is 1. The average Bonchev–Trinajstić information content (AvgIpc) is 2.30. The molecule has 0 saturated heterocycles. The summed E-state index contributed by atoms with van der Waals surface area (Å²) in [4.78, 5) is 11.5. The summed E-state index contributed by atoms with van der Waals surface area (Å²) in [6, 6.07) is 4.59. The Bertz CT molecular complexity index is 429. The molecule has 17 heavy (non-hydrogen) atoms. The van der Waals surface area contributed by atoms with Crippen molar-refractivity contribution >= 4 is 40.1 Å². The minimum Gasteiger partial charge on any atom is -0.346 e. The number of hydrogen-bond donors (Lipinski definition) is 2. The molecule has 0 aliphatic carbocycles. The van der Waals surface area contributed by atoms with E-state index >= 15 is 0 Å². The molecular formula is C10H10ClF2IN2O. The van der Waals surface area contributed by atoms with Crippen LogP contribution in [0, 0.1) is 3.57 Å². The second kappa shape index (κ2) is 5.92. The van der Waals surface area contributed by atoms with Crippen LogP contribution in [0.25, 0.3) is 0 Å². The third-order valence-electron chi connectivity index (χ3n) is 1.99. The zero-order chi connectivity index (χ0) is 13.1. The molecule has 0 atom stereocenters. The maximum Gasteiger partial charge on any atom is 0.277 e. The molecule has 7 heteroatoms. The summed E-state index contributed by atoms with van der Waals surface area (Å²) in [7, 11) is 0. The highest BCUT2D eigenvalue weighted by Crippen LogP contribution is 2.19. The second-order valence-electron chi connectivity index (χ2n) is 3.37. The summed E-state index contributed by atoms with van der Waals surface area (Å²) in [5.74, 6) is -3.70. The molecule has 1 amide bonds. The van der Waals surface area contributed by atoms with Crippen LogP contribution in [0.5, 0.6) is 0 Å². The molecule has 1 aromatic carbocycles. The second-order valence-corrected chi connectivity index (χ2v) is 4.94. The molecule has 1 rings (SSSR count). The summed E-state index contributed by atoms with van der Waals surface area (Å²) in [5.41, 5.74) is 5.09. The number of nitrogens with one attached hydrogen (secondary N) is 1. The van der Waals surface area contributed by atoms with Crippen molar-refractivity contribution in [3.8, 4) is 0 Å². The highest BCUT2D eigenvalue weighted by molar-refractivity contribution is 14.1. The van der Waals surface area contributed by atoms with E-state index in [9.17, 15) is 13.6 Å². The first kappa shape index (κ1) is 14.6. The van der Waals surface area contributed by atoms with Crippen molar-refractivity contribution in [2.75, 3.05) is 13.1 Å². The van der Waals surface area contributed by atoms with Gasteiger partial charge in [-0.3, -0.25) is 4.79 Å². The zero-order valence-electron chi connectivity index (χ0n) is 8.64. The van der Waals surface area contributed by atoms with Crippen LogP contribution in [0.3, 0.4) is 0 Å². The first-order valence-corrected chi connectivity index (χ1v) is 6.12. The van der Waals surface area contributed by atoms with Crippen LogP contribution < -0.4 is 11.1 Å². The molecular weight excluding hydrogens is 364 g/mol. The van der Waals surface area contributed by atoms with Crippen LogP contribution >= 0.6 is 34.2 Å². The lowest BCUT2D eigenvalue weighted by Crippen LogP contribution is -2.41. The SMILES string of the molecule is NCC(F)(F)CNC(=O)c1ccc(I)c(Cl)c1. The smallest absolute Gasteiger partial charge is 0.277 e. The molecule has 0 bridgehead atoms. The van der Waals surface area contributed by atoms with E-state index < -0.39 is 24.9 Å². The van der Waals surface area contributed by atoms with E-state index in [1.54, 1.807) is 6.07 Å². The predicted octanol–water partition coefficient (Wildman–Crippen LogP) is 2.27. The fourth-order valence-electron chi connectivity index (χ4n) is 1.02. The van der Waals surface area contributed by atoms with Crippen LogP contribution in [-0.4, -0.2) is 24.9 Å². The van der Waals surface area contributed by atoms with Crippen molar-refractivity contribution in [3.63, 3.8) is 0 Å². The third-order valence-corrected chi connectivity index (χ3v) is 3.56. The van der Waals surface area contributed by atoms with Gasteiger partial charge in [-0.25, -0.2) is 8.78 Å². The van der Waals surface area contributed by atoms with Crippen molar-refractivity contribution in [3.05, 3.63) is 32.4 Å². The highest BCUT2D eigenvalue weighted by atomic mass is 127. The van der Waals surface area contributed by atoms with Crippen molar-refractivity contribution < 1.29 is 13.6 Å². The van der Waals surface area contributed by atoms with E-state index in [4.69, 9.17) is 17.3 Å². The lowest BCUT2D eigenvalue weighted by Gasteiger charge is -2.14. The summed E-state index contributed by atoms with van der Waals surface area (Å²) in [6.45, 7) is -1.59. The maximum absolute atomic E-state index is 12.8. The average molecular weight is 375 g/mol. The first-order valence-electron chi connectivity index (χ1n) is 4.67. The van der Waals surface area contributed by atoms with E-state index in [1.807, 2.05) is 22.6 Å². The number of hydrogen-bond acceptors (Lipinski definition) is 2. The fraction of sp³-hybridized carbons (Fsp3) is 0.300.